The molecule has 1 fully saturated rings. The van der Waals surface area contributed by atoms with Gasteiger partial charge in [0, 0.05) is 26.1 Å². The average molecular weight is 264 g/mol. The van der Waals surface area contributed by atoms with Crippen LogP contribution in [0.15, 0.2) is 6.07 Å². The van der Waals surface area contributed by atoms with E-state index in [1.165, 1.54) is 12.8 Å². The minimum absolute atomic E-state index is 0.537. The maximum absolute atomic E-state index is 5.15. The maximum atomic E-state index is 5.15. The fourth-order valence-corrected chi connectivity index (χ4v) is 2.37. The van der Waals surface area contributed by atoms with Gasteiger partial charge in [0.05, 0.1) is 12.3 Å². The van der Waals surface area contributed by atoms with Crippen molar-refractivity contribution in [1.82, 2.24) is 15.3 Å². The summed E-state index contributed by atoms with van der Waals surface area (Å²) in [5.41, 5.74) is 0.943. The second-order valence-electron chi connectivity index (χ2n) is 5.04. The van der Waals surface area contributed by atoms with E-state index in [1.54, 1.807) is 7.11 Å². The summed E-state index contributed by atoms with van der Waals surface area (Å²) in [5.74, 6) is 2.49. The lowest BCUT2D eigenvalue weighted by atomic mass is 10.00. The molecule has 2 N–H and O–H groups in total. The van der Waals surface area contributed by atoms with Crippen molar-refractivity contribution in [2.24, 2.45) is 5.92 Å². The van der Waals surface area contributed by atoms with E-state index in [4.69, 9.17) is 4.74 Å². The van der Waals surface area contributed by atoms with Crippen LogP contribution in [0.1, 0.15) is 31.3 Å². The normalized spacial score (nSPS) is 19.4. The molecule has 0 saturated carbocycles. The van der Waals surface area contributed by atoms with E-state index in [1.807, 2.05) is 6.07 Å². The van der Waals surface area contributed by atoms with Gasteiger partial charge in [-0.2, -0.15) is 0 Å². The van der Waals surface area contributed by atoms with Crippen LogP contribution in [-0.2, 0) is 17.8 Å². The van der Waals surface area contributed by atoms with Gasteiger partial charge < -0.3 is 15.4 Å². The molecule has 0 spiro atoms. The Hall–Kier alpha value is -1.20. The van der Waals surface area contributed by atoms with Gasteiger partial charge in [-0.25, -0.2) is 9.97 Å². The minimum Gasteiger partial charge on any atom is -0.378 e. The number of nitrogens with zero attached hydrogens (tertiary/aromatic N) is 2. The van der Waals surface area contributed by atoms with Crippen LogP contribution in [0.2, 0.25) is 0 Å². The predicted octanol–water partition coefficient (Wildman–Crippen LogP) is 1.60. The molecule has 1 saturated heterocycles. The molecule has 1 atom stereocenters. The van der Waals surface area contributed by atoms with Gasteiger partial charge in [0.15, 0.2) is 0 Å². The highest BCUT2D eigenvalue weighted by Gasteiger charge is 2.13. The van der Waals surface area contributed by atoms with Gasteiger partial charge in [-0.15, -0.1) is 0 Å². The fraction of sp³-hybridized carbons (Fsp3) is 0.714. The first-order valence-corrected chi connectivity index (χ1v) is 7.12. The van der Waals surface area contributed by atoms with Crippen LogP contribution in [-0.4, -0.2) is 36.7 Å². The first-order chi connectivity index (χ1) is 9.31. The molecule has 1 aliphatic heterocycles. The third-order valence-corrected chi connectivity index (χ3v) is 3.40. The Kier molecular flexibility index (Phi) is 5.54. The average Bonchev–Trinajstić information content (AvgIpc) is 2.46. The standard InChI is InChI=1S/C14H24N4O/c1-3-13-17-12(10-19-2)7-14(18-13)16-9-11-5-4-6-15-8-11/h7,11,15H,3-6,8-10H2,1-2H3,(H,16,17,18). The molecule has 1 unspecified atom stereocenters. The van der Waals surface area contributed by atoms with Crippen LogP contribution in [0, 0.1) is 5.92 Å². The van der Waals surface area contributed by atoms with Gasteiger partial charge in [-0.1, -0.05) is 6.92 Å². The lowest BCUT2D eigenvalue weighted by Gasteiger charge is -2.23. The topological polar surface area (TPSA) is 59.1 Å². The second kappa shape index (κ2) is 7.40. The van der Waals surface area contributed by atoms with E-state index in [2.05, 4.69) is 27.5 Å². The van der Waals surface area contributed by atoms with Crippen LogP contribution < -0.4 is 10.6 Å². The molecule has 0 radical (unpaired) electrons. The number of nitrogens with one attached hydrogen (secondary N) is 2. The van der Waals surface area contributed by atoms with Gasteiger partial charge in [0.2, 0.25) is 0 Å². The van der Waals surface area contributed by atoms with E-state index in [0.717, 1.165) is 43.4 Å². The monoisotopic (exact) mass is 264 g/mol. The maximum Gasteiger partial charge on any atom is 0.130 e. The van der Waals surface area contributed by atoms with Gasteiger partial charge >= 0.3 is 0 Å². The van der Waals surface area contributed by atoms with Crippen LogP contribution in [0.5, 0.6) is 0 Å². The van der Waals surface area contributed by atoms with Crippen molar-refractivity contribution >= 4 is 5.82 Å². The molecule has 1 aromatic heterocycles. The highest BCUT2D eigenvalue weighted by atomic mass is 16.5. The van der Waals surface area contributed by atoms with Crippen LogP contribution in [0.3, 0.4) is 0 Å². The molecule has 1 aromatic rings. The van der Waals surface area contributed by atoms with E-state index >= 15 is 0 Å². The number of hydrogen-bond donors (Lipinski definition) is 2. The summed E-state index contributed by atoms with van der Waals surface area (Å²) in [5, 5.41) is 6.87. The number of ether oxygens (including phenoxy) is 1. The molecule has 0 amide bonds. The first kappa shape index (κ1) is 14.2. The quantitative estimate of drug-likeness (QED) is 0.817. The number of methoxy groups -OCH3 is 1. The van der Waals surface area contributed by atoms with Crippen LogP contribution in [0.25, 0.3) is 0 Å². The molecule has 1 aliphatic rings. The minimum atomic E-state index is 0.537. The summed E-state index contributed by atoms with van der Waals surface area (Å²) < 4.78 is 5.15. The SMILES string of the molecule is CCc1nc(COC)cc(NCC2CCCNC2)n1. The Morgan fingerprint density at radius 3 is 3.05 bits per heavy atom. The van der Waals surface area contributed by atoms with Gasteiger partial charge in [-0.05, 0) is 31.8 Å². The van der Waals surface area contributed by atoms with Crippen molar-refractivity contribution < 1.29 is 4.74 Å². The highest BCUT2D eigenvalue weighted by Crippen LogP contribution is 2.13. The smallest absolute Gasteiger partial charge is 0.130 e. The molecule has 0 bridgehead atoms. The Balaban J connectivity index is 1.95. The zero-order valence-electron chi connectivity index (χ0n) is 11.9. The first-order valence-electron chi connectivity index (χ1n) is 7.12. The summed E-state index contributed by atoms with van der Waals surface area (Å²) in [7, 11) is 1.69. The van der Waals surface area contributed by atoms with Crippen LogP contribution >= 0.6 is 0 Å². The molecule has 5 nitrogen and oxygen atoms in total. The molecular formula is C14H24N4O. The zero-order valence-corrected chi connectivity index (χ0v) is 11.9. The molecule has 0 aromatic carbocycles. The number of hydrogen-bond acceptors (Lipinski definition) is 5. The number of aromatic nitrogens is 2. The Bertz CT molecular complexity index is 391. The molecular weight excluding hydrogens is 240 g/mol. The van der Waals surface area contributed by atoms with Gasteiger partial charge in [0.25, 0.3) is 0 Å². The van der Waals surface area contributed by atoms with Crippen molar-refractivity contribution in [3.63, 3.8) is 0 Å². The molecule has 2 heterocycles. The summed E-state index contributed by atoms with van der Waals surface area (Å²) >= 11 is 0. The lowest BCUT2D eigenvalue weighted by molar-refractivity contribution is 0.181. The summed E-state index contributed by atoms with van der Waals surface area (Å²) in [6.45, 7) is 5.83. The van der Waals surface area contributed by atoms with Crippen LogP contribution in [0.4, 0.5) is 5.82 Å². The predicted molar refractivity (Wildman–Crippen MR) is 76.2 cm³/mol. The molecule has 19 heavy (non-hydrogen) atoms. The highest BCUT2D eigenvalue weighted by molar-refractivity contribution is 5.36. The largest absolute Gasteiger partial charge is 0.378 e. The molecule has 106 valence electrons. The van der Waals surface area contributed by atoms with Crippen molar-refractivity contribution in [1.29, 1.82) is 0 Å². The number of rotatable bonds is 6. The van der Waals surface area contributed by atoms with Crippen molar-refractivity contribution in [3.05, 3.63) is 17.6 Å². The van der Waals surface area contributed by atoms with Crippen molar-refractivity contribution in [3.8, 4) is 0 Å². The molecule has 2 rings (SSSR count). The number of piperidine rings is 1. The van der Waals surface area contributed by atoms with E-state index in [0.29, 0.717) is 12.5 Å². The third kappa shape index (κ3) is 4.44. The number of aryl methyl sites for hydroxylation is 1. The summed E-state index contributed by atoms with van der Waals surface area (Å²) in [6.07, 6.45) is 3.40. The Morgan fingerprint density at radius 2 is 2.37 bits per heavy atom. The van der Waals surface area contributed by atoms with E-state index < -0.39 is 0 Å². The summed E-state index contributed by atoms with van der Waals surface area (Å²) in [4.78, 5) is 8.97. The Labute approximate surface area is 115 Å². The lowest BCUT2D eigenvalue weighted by Crippen LogP contribution is -2.33. The fourth-order valence-electron chi connectivity index (χ4n) is 2.37. The van der Waals surface area contributed by atoms with Gasteiger partial charge in [0.1, 0.15) is 11.6 Å². The molecule has 0 aliphatic carbocycles. The van der Waals surface area contributed by atoms with Crippen molar-refractivity contribution in [2.45, 2.75) is 32.8 Å². The third-order valence-electron chi connectivity index (χ3n) is 3.40. The zero-order chi connectivity index (χ0) is 13.5. The summed E-state index contributed by atoms with van der Waals surface area (Å²) in [6, 6.07) is 1.99. The van der Waals surface area contributed by atoms with E-state index in [-0.39, 0.29) is 0 Å². The van der Waals surface area contributed by atoms with Crippen molar-refractivity contribution in [2.75, 3.05) is 32.1 Å². The number of anilines is 1. The van der Waals surface area contributed by atoms with Gasteiger partial charge in [-0.3, -0.25) is 0 Å². The Morgan fingerprint density at radius 1 is 1.47 bits per heavy atom. The second-order valence-corrected chi connectivity index (χ2v) is 5.04. The van der Waals surface area contributed by atoms with E-state index in [9.17, 15) is 0 Å². The molecule has 5 heteroatoms.